The lowest BCUT2D eigenvalue weighted by molar-refractivity contribution is 0.0530. The van der Waals surface area contributed by atoms with Crippen LogP contribution in [0.2, 0.25) is 0 Å². The molecular formula is C14H15N3O3S3. The highest BCUT2D eigenvalue weighted by molar-refractivity contribution is 7.80. The van der Waals surface area contributed by atoms with Gasteiger partial charge in [0.1, 0.15) is 4.88 Å². The number of thiazole rings is 1. The summed E-state index contributed by atoms with van der Waals surface area (Å²) in [5, 5.41) is 4.41. The van der Waals surface area contributed by atoms with Crippen LogP contribution in [-0.2, 0) is 11.8 Å². The number of ether oxygens (including phenoxy) is 1. The van der Waals surface area contributed by atoms with Crippen molar-refractivity contribution < 1.29 is 14.3 Å². The zero-order chi connectivity index (χ0) is 17.0. The van der Waals surface area contributed by atoms with Gasteiger partial charge in [0, 0.05) is 12.7 Å². The lowest BCUT2D eigenvalue weighted by Gasteiger charge is -2.01. The first kappa shape index (κ1) is 17.5. The highest BCUT2D eigenvalue weighted by Gasteiger charge is 2.16. The van der Waals surface area contributed by atoms with Crippen molar-refractivity contribution in [1.82, 2.24) is 9.88 Å². The normalized spacial score (nSPS) is 11.3. The number of thiocarbonyl (C=S) groups is 1. The number of hydrogen-bond donors (Lipinski definition) is 1. The average molecular weight is 369 g/mol. The summed E-state index contributed by atoms with van der Waals surface area (Å²) in [5.74, 6) is -0.684. The maximum absolute atomic E-state index is 11.9. The number of esters is 1. The van der Waals surface area contributed by atoms with Gasteiger partial charge < -0.3 is 9.30 Å². The van der Waals surface area contributed by atoms with Gasteiger partial charge in [-0.1, -0.05) is 17.4 Å². The fourth-order valence-corrected chi connectivity index (χ4v) is 3.57. The average Bonchev–Trinajstić information content (AvgIpc) is 3.12. The molecule has 2 aromatic heterocycles. The molecule has 1 N–H and O–H groups in total. The summed E-state index contributed by atoms with van der Waals surface area (Å²) < 4.78 is 6.75. The van der Waals surface area contributed by atoms with Crippen LogP contribution in [0.25, 0.3) is 0 Å². The first-order chi connectivity index (χ1) is 10.9. The van der Waals surface area contributed by atoms with E-state index >= 15 is 0 Å². The van der Waals surface area contributed by atoms with Crippen LogP contribution in [0.15, 0.2) is 22.5 Å². The Balaban J connectivity index is 2.22. The molecule has 1 amide bonds. The Morgan fingerprint density at radius 3 is 2.83 bits per heavy atom. The van der Waals surface area contributed by atoms with Gasteiger partial charge in [-0.3, -0.25) is 10.1 Å². The second kappa shape index (κ2) is 7.62. The summed E-state index contributed by atoms with van der Waals surface area (Å²) in [5.41, 5.74) is 0.736. The zero-order valence-electron chi connectivity index (χ0n) is 12.8. The Morgan fingerprint density at radius 2 is 2.22 bits per heavy atom. The summed E-state index contributed by atoms with van der Waals surface area (Å²) in [4.78, 5) is 29.6. The number of nitrogens with zero attached hydrogens (tertiary/aromatic N) is 2. The molecule has 9 heteroatoms. The summed E-state index contributed by atoms with van der Waals surface area (Å²) in [6, 6.07) is 3.49. The zero-order valence-corrected chi connectivity index (χ0v) is 15.2. The second-order valence-electron chi connectivity index (χ2n) is 4.43. The van der Waals surface area contributed by atoms with Gasteiger partial charge in [-0.15, -0.1) is 11.3 Å². The number of hydrogen-bond acceptors (Lipinski definition) is 6. The molecule has 23 heavy (non-hydrogen) atoms. The van der Waals surface area contributed by atoms with E-state index in [1.807, 2.05) is 5.38 Å². The van der Waals surface area contributed by atoms with Gasteiger partial charge in [0.25, 0.3) is 5.91 Å². The fraction of sp³-hybridized carbons (Fsp3) is 0.286. The smallest absolute Gasteiger partial charge is 0.350 e. The maximum Gasteiger partial charge on any atom is 0.350 e. The Hall–Kier alpha value is -1.84. The predicted molar refractivity (Wildman–Crippen MR) is 93.9 cm³/mol. The van der Waals surface area contributed by atoms with Crippen molar-refractivity contribution in [3.63, 3.8) is 0 Å². The Bertz CT molecular complexity index is 803. The fourth-order valence-electron chi connectivity index (χ4n) is 1.69. The van der Waals surface area contributed by atoms with Gasteiger partial charge >= 0.3 is 5.97 Å². The highest BCUT2D eigenvalue weighted by atomic mass is 32.1. The quantitative estimate of drug-likeness (QED) is 0.665. The molecule has 2 heterocycles. The first-order valence-electron chi connectivity index (χ1n) is 6.71. The molecule has 0 spiro atoms. The largest absolute Gasteiger partial charge is 0.462 e. The van der Waals surface area contributed by atoms with Crippen molar-refractivity contribution in [1.29, 1.82) is 0 Å². The van der Waals surface area contributed by atoms with E-state index in [-0.39, 0.29) is 17.0 Å². The van der Waals surface area contributed by atoms with E-state index in [4.69, 9.17) is 17.0 Å². The minimum absolute atomic E-state index is 0.0515. The molecular weight excluding hydrogens is 354 g/mol. The van der Waals surface area contributed by atoms with Crippen molar-refractivity contribution in [3.05, 3.63) is 37.8 Å². The lowest BCUT2D eigenvalue weighted by atomic mass is 10.4. The molecule has 0 fully saturated rings. The van der Waals surface area contributed by atoms with Crippen LogP contribution in [0.4, 0.5) is 0 Å². The van der Waals surface area contributed by atoms with Crippen molar-refractivity contribution in [2.45, 2.75) is 13.8 Å². The molecule has 2 aromatic rings. The number of thiophene rings is 1. The molecule has 0 aliphatic carbocycles. The summed E-state index contributed by atoms with van der Waals surface area (Å²) >= 11 is 7.59. The Labute approximate surface area is 146 Å². The molecule has 0 aromatic carbocycles. The van der Waals surface area contributed by atoms with E-state index in [9.17, 15) is 9.59 Å². The summed E-state index contributed by atoms with van der Waals surface area (Å²) in [7, 11) is 1.77. The van der Waals surface area contributed by atoms with Crippen molar-refractivity contribution in [2.75, 3.05) is 6.61 Å². The molecule has 0 aliphatic rings. The van der Waals surface area contributed by atoms with Crippen molar-refractivity contribution >= 4 is 51.9 Å². The van der Waals surface area contributed by atoms with E-state index in [0.29, 0.717) is 21.2 Å². The Morgan fingerprint density at radius 1 is 1.48 bits per heavy atom. The molecule has 2 rings (SSSR count). The van der Waals surface area contributed by atoms with E-state index in [1.54, 1.807) is 37.6 Å². The second-order valence-corrected chi connectivity index (χ2v) is 6.74. The molecule has 0 saturated carbocycles. The topological polar surface area (TPSA) is 72.7 Å². The van der Waals surface area contributed by atoms with Crippen LogP contribution >= 0.6 is 34.9 Å². The number of rotatable bonds is 3. The van der Waals surface area contributed by atoms with Crippen LogP contribution in [-0.4, -0.2) is 28.2 Å². The van der Waals surface area contributed by atoms with Crippen LogP contribution in [0, 0.1) is 6.92 Å². The van der Waals surface area contributed by atoms with Gasteiger partial charge in [-0.05, 0) is 37.5 Å². The van der Waals surface area contributed by atoms with E-state index in [2.05, 4.69) is 10.3 Å². The van der Waals surface area contributed by atoms with Crippen LogP contribution < -0.4 is 10.1 Å². The SMILES string of the molecule is CCOC(=O)c1sc(=NC(=S)NC(=O)c2cccs2)n(C)c1C. The van der Waals surface area contributed by atoms with Gasteiger partial charge in [0.2, 0.25) is 5.11 Å². The third kappa shape index (κ3) is 4.12. The summed E-state index contributed by atoms with van der Waals surface area (Å²) in [6.45, 7) is 3.86. The number of nitrogens with one attached hydrogen (secondary N) is 1. The molecule has 0 unspecified atom stereocenters. The molecule has 0 radical (unpaired) electrons. The molecule has 0 bridgehead atoms. The van der Waals surface area contributed by atoms with E-state index in [1.165, 1.54) is 22.7 Å². The number of aromatic nitrogens is 1. The summed E-state index contributed by atoms with van der Waals surface area (Å²) in [6.07, 6.45) is 0. The third-order valence-electron chi connectivity index (χ3n) is 2.94. The molecule has 6 nitrogen and oxygen atoms in total. The standard InChI is InChI=1S/C14H15N3O3S3/c1-4-20-12(19)10-8(2)17(3)14(23-10)16-13(21)15-11(18)9-6-5-7-22-9/h5-7H,4H2,1-3H3,(H,15,18,21). The maximum atomic E-state index is 11.9. The third-order valence-corrected chi connectivity index (χ3v) is 5.21. The van der Waals surface area contributed by atoms with Gasteiger partial charge in [0.05, 0.1) is 11.5 Å². The number of carbonyl (C=O) groups is 2. The molecule has 122 valence electrons. The minimum Gasteiger partial charge on any atom is -0.462 e. The van der Waals surface area contributed by atoms with Crippen LogP contribution in [0.1, 0.15) is 32.0 Å². The lowest BCUT2D eigenvalue weighted by Crippen LogP contribution is -2.29. The molecule has 0 atom stereocenters. The van der Waals surface area contributed by atoms with Gasteiger partial charge in [-0.2, -0.15) is 4.99 Å². The first-order valence-corrected chi connectivity index (χ1v) is 8.81. The highest BCUT2D eigenvalue weighted by Crippen LogP contribution is 2.12. The van der Waals surface area contributed by atoms with Gasteiger partial charge in [0.15, 0.2) is 4.80 Å². The van der Waals surface area contributed by atoms with Crippen molar-refractivity contribution in [2.24, 2.45) is 12.0 Å². The molecule has 0 aliphatic heterocycles. The minimum atomic E-state index is -0.388. The van der Waals surface area contributed by atoms with Crippen LogP contribution in [0.5, 0.6) is 0 Å². The molecule has 0 saturated heterocycles. The van der Waals surface area contributed by atoms with Gasteiger partial charge in [-0.25, -0.2) is 4.79 Å². The van der Waals surface area contributed by atoms with E-state index in [0.717, 1.165) is 5.69 Å². The monoisotopic (exact) mass is 369 g/mol. The number of carbonyl (C=O) groups excluding carboxylic acids is 2. The van der Waals surface area contributed by atoms with Crippen LogP contribution in [0.3, 0.4) is 0 Å². The number of amides is 1. The van der Waals surface area contributed by atoms with Crippen molar-refractivity contribution in [3.8, 4) is 0 Å². The predicted octanol–water partition coefficient (Wildman–Crippen LogP) is 2.25. The Kier molecular flexibility index (Phi) is 5.80. The van der Waals surface area contributed by atoms with E-state index < -0.39 is 0 Å².